The summed E-state index contributed by atoms with van der Waals surface area (Å²) in [7, 11) is 0. The molecule has 3 fully saturated rings. The molecule has 1 amide bonds. The van der Waals surface area contributed by atoms with E-state index in [0.717, 1.165) is 49.9 Å². The van der Waals surface area contributed by atoms with Gasteiger partial charge in [-0.1, -0.05) is 6.92 Å². The third-order valence-electron chi connectivity index (χ3n) is 5.90. The van der Waals surface area contributed by atoms with Crippen LogP contribution in [0, 0.1) is 17.8 Å². The molecule has 24 heavy (non-hydrogen) atoms. The highest BCUT2D eigenvalue weighted by Crippen LogP contribution is 2.39. The molecule has 130 valence electrons. The second-order valence-electron chi connectivity index (χ2n) is 8.06. The molecule has 1 saturated heterocycles. The van der Waals surface area contributed by atoms with Gasteiger partial charge in [-0.15, -0.1) is 5.10 Å². The molecule has 1 aromatic heterocycles. The van der Waals surface area contributed by atoms with E-state index in [2.05, 4.69) is 39.5 Å². The average Bonchev–Trinajstić information content (AvgIpc) is 3.39. The Morgan fingerprint density at radius 2 is 1.88 bits per heavy atom. The minimum atomic E-state index is 0.248. The number of hydrogen-bond donors (Lipinski definition) is 1. The predicted octanol–water partition coefficient (Wildman–Crippen LogP) is 2.73. The lowest BCUT2D eigenvalue weighted by atomic mass is 9.82. The number of rotatable bonds is 5. The summed E-state index contributed by atoms with van der Waals surface area (Å²) in [5.41, 5.74) is 1.14. The van der Waals surface area contributed by atoms with Gasteiger partial charge in [0.2, 0.25) is 5.91 Å². The van der Waals surface area contributed by atoms with Gasteiger partial charge < -0.3 is 10.2 Å². The van der Waals surface area contributed by atoms with Crippen LogP contribution in [0.15, 0.2) is 12.1 Å². The molecule has 0 spiro atoms. The molecule has 5 nitrogen and oxygen atoms in total. The quantitative estimate of drug-likeness (QED) is 0.903. The number of carbonyl (C=O) groups is 1. The summed E-state index contributed by atoms with van der Waals surface area (Å²) in [4.78, 5) is 14.5. The number of aromatic nitrogens is 2. The maximum absolute atomic E-state index is 12.3. The third-order valence-corrected chi connectivity index (χ3v) is 5.90. The van der Waals surface area contributed by atoms with Crippen molar-refractivity contribution in [3.63, 3.8) is 0 Å². The Bertz CT molecular complexity index is 570. The van der Waals surface area contributed by atoms with Gasteiger partial charge in [-0.05, 0) is 56.6 Å². The zero-order valence-corrected chi connectivity index (χ0v) is 14.6. The number of anilines is 1. The van der Waals surface area contributed by atoms with E-state index >= 15 is 0 Å². The molecule has 2 aliphatic carbocycles. The molecule has 0 atom stereocenters. The van der Waals surface area contributed by atoms with Crippen molar-refractivity contribution >= 4 is 11.7 Å². The summed E-state index contributed by atoms with van der Waals surface area (Å²) >= 11 is 0. The monoisotopic (exact) mass is 328 g/mol. The molecular formula is C19H28N4O. The first-order chi connectivity index (χ1) is 11.7. The van der Waals surface area contributed by atoms with Crippen LogP contribution in [0.1, 0.15) is 57.1 Å². The molecular weight excluding hydrogens is 300 g/mol. The SMILES string of the molecule is CC1CCC(C(=O)NCC2CN(c3ccc(C4CC4)nn3)C2)CC1. The van der Waals surface area contributed by atoms with E-state index in [1.165, 1.54) is 25.7 Å². The average molecular weight is 328 g/mol. The Morgan fingerprint density at radius 1 is 1.12 bits per heavy atom. The lowest BCUT2D eigenvalue weighted by Crippen LogP contribution is -2.52. The molecule has 0 radical (unpaired) electrons. The van der Waals surface area contributed by atoms with Crippen LogP contribution in [-0.4, -0.2) is 35.7 Å². The van der Waals surface area contributed by atoms with Crippen molar-refractivity contribution in [1.29, 1.82) is 0 Å². The highest BCUT2D eigenvalue weighted by molar-refractivity contribution is 5.78. The fraction of sp³-hybridized carbons (Fsp3) is 0.737. The van der Waals surface area contributed by atoms with Gasteiger partial charge in [0.25, 0.3) is 0 Å². The standard InChI is InChI=1S/C19H28N4O/c1-13-2-4-16(5-3-13)19(24)20-10-14-11-23(12-14)18-9-8-17(21-22-18)15-6-7-15/h8-9,13-16H,2-7,10-12H2,1H3,(H,20,24). The zero-order chi connectivity index (χ0) is 16.5. The number of nitrogens with one attached hydrogen (secondary N) is 1. The number of amides is 1. The van der Waals surface area contributed by atoms with Gasteiger partial charge in [0, 0.05) is 37.4 Å². The first kappa shape index (κ1) is 15.9. The van der Waals surface area contributed by atoms with E-state index in [1.54, 1.807) is 0 Å². The molecule has 5 heteroatoms. The fourth-order valence-electron chi connectivity index (χ4n) is 3.90. The molecule has 2 saturated carbocycles. The smallest absolute Gasteiger partial charge is 0.223 e. The van der Waals surface area contributed by atoms with Crippen molar-refractivity contribution in [1.82, 2.24) is 15.5 Å². The van der Waals surface area contributed by atoms with Gasteiger partial charge in [0.05, 0.1) is 5.69 Å². The summed E-state index contributed by atoms with van der Waals surface area (Å²) in [5, 5.41) is 11.9. The molecule has 0 unspecified atom stereocenters. The molecule has 1 N–H and O–H groups in total. The lowest BCUT2D eigenvalue weighted by Gasteiger charge is -2.40. The van der Waals surface area contributed by atoms with Gasteiger partial charge in [-0.3, -0.25) is 4.79 Å². The summed E-state index contributed by atoms with van der Waals surface area (Å²) in [6.07, 6.45) is 7.05. The molecule has 0 bridgehead atoms. The van der Waals surface area contributed by atoms with Crippen LogP contribution in [-0.2, 0) is 4.79 Å². The van der Waals surface area contributed by atoms with Crippen molar-refractivity contribution in [2.75, 3.05) is 24.5 Å². The van der Waals surface area contributed by atoms with Crippen molar-refractivity contribution in [2.24, 2.45) is 17.8 Å². The van der Waals surface area contributed by atoms with E-state index in [9.17, 15) is 4.79 Å². The molecule has 1 aliphatic heterocycles. The predicted molar refractivity (Wildman–Crippen MR) is 93.8 cm³/mol. The van der Waals surface area contributed by atoms with Gasteiger partial charge in [0.15, 0.2) is 5.82 Å². The van der Waals surface area contributed by atoms with Gasteiger partial charge in [-0.25, -0.2) is 0 Å². The molecule has 1 aromatic rings. The van der Waals surface area contributed by atoms with E-state index in [-0.39, 0.29) is 11.8 Å². The summed E-state index contributed by atoms with van der Waals surface area (Å²) in [6.45, 7) is 5.03. The second-order valence-corrected chi connectivity index (χ2v) is 8.06. The van der Waals surface area contributed by atoms with Gasteiger partial charge in [0.1, 0.15) is 0 Å². The number of nitrogens with zero attached hydrogens (tertiary/aromatic N) is 3. The topological polar surface area (TPSA) is 58.1 Å². The minimum absolute atomic E-state index is 0.248. The largest absolute Gasteiger partial charge is 0.355 e. The van der Waals surface area contributed by atoms with Gasteiger partial charge >= 0.3 is 0 Å². The summed E-state index contributed by atoms with van der Waals surface area (Å²) in [5.74, 6) is 3.49. The van der Waals surface area contributed by atoms with E-state index < -0.39 is 0 Å². The summed E-state index contributed by atoms with van der Waals surface area (Å²) < 4.78 is 0. The normalized spacial score (nSPS) is 27.6. The van der Waals surface area contributed by atoms with Crippen molar-refractivity contribution in [2.45, 2.75) is 51.4 Å². The molecule has 4 rings (SSSR count). The number of carbonyl (C=O) groups excluding carboxylic acids is 1. The van der Waals surface area contributed by atoms with Crippen LogP contribution in [0.4, 0.5) is 5.82 Å². The van der Waals surface area contributed by atoms with E-state index in [0.29, 0.717) is 11.8 Å². The van der Waals surface area contributed by atoms with Crippen LogP contribution < -0.4 is 10.2 Å². The van der Waals surface area contributed by atoms with Crippen LogP contribution >= 0.6 is 0 Å². The van der Waals surface area contributed by atoms with E-state index in [4.69, 9.17) is 0 Å². The Balaban J connectivity index is 1.18. The Kier molecular flexibility index (Phi) is 4.42. The third kappa shape index (κ3) is 3.55. The van der Waals surface area contributed by atoms with E-state index in [1.807, 2.05) is 0 Å². The molecule has 3 aliphatic rings. The Labute approximate surface area is 144 Å². The first-order valence-corrected chi connectivity index (χ1v) is 9.55. The second kappa shape index (κ2) is 6.69. The zero-order valence-electron chi connectivity index (χ0n) is 14.6. The molecule has 0 aromatic carbocycles. The highest BCUT2D eigenvalue weighted by atomic mass is 16.1. The van der Waals surface area contributed by atoms with Crippen molar-refractivity contribution < 1.29 is 4.79 Å². The maximum atomic E-state index is 12.3. The summed E-state index contributed by atoms with van der Waals surface area (Å²) in [6, 6.07) is 4.22. The maximum Gasteiger partial charge on any atom is 0.223 e. The molecule has 2 heterocycles. The van der Waals surface area contributed by atoms with Crippen molar-refractivity contribution in [3.05, 3.63) is 17.8 Å². The number of hydrogen-bond acceptors (Lipinski definition) is 4. The van der Waals surface area contributed by atoms with Crippen LogP contribution in [0.25, 0.3) is 0 Å². The van der Waals surface area contributed by atoms with Crippen LogP contribution in [0.5, 0.6) is 0 Å². The van der Waals surface area contributed by atoms with Crippen LogP contribution in [0.2, 0.25) is 0 Å². The van der Waals surface area contributed by atoms with Crippen LogP contribution in [0.3, 0.4) is 0 Å². The minimum Gasteiger partial charge on any atom is -0.355 e. The van der Waals surface area contributed by atoms with Gasteiger partial charge in [-0.2, -0.15) is 5.10 Å². The first-order valence-electron chi connectivity index (χ1n) is 9.55. The van der Waals surface area contributed by atoms with Crippen molar-refractivity contribution in [3.8, 4) is 0 Å². The Morgan fingerprint density at radius 3 is 2.50 bits per heavy atom. The highest BCUT2D eigenvalue weighted by Gasteiger charge is 2.31. The lowest BCUT2D eigenvalue weighted by molar-refractivity contribution is -0.126. The Hall–Kier alpha value is -1.65. The fourth-order valence-corrected chi connectivity index (χ4v) is 3.90.